The van der Waals surface area contributed by atoms with Gasteiger partial charge < -0.3 is 4.90 Å². The van der Waals surface area contributed by atoms with Crippen LogP contribution in [0.5, 0.6) is 0 Å². The van der Waals surface area contributed by atoms with Crippen LogP contribution in [0.25, 0.3) is 0 Å². The zero-order valence-corrected chi connectivity index (χ0v) is 18.5. The molecule has 1 heterocycles. The zero-order valence-electron chi connectivity index (χ0n) is 17.6. The second-order valence-corrected chi connectivity index (χ2v) is 8.91. The van der Waals surface area contributed by atoms with Crippen molar-refractivity contribution < 1.29 is 18.4 Å². The molecule has 0 N–H and O–H groups in total. The monoisotopic (exact) mass is 453 g/mol. The molecule has 0 radical (unpaired) electrons. The number of amides is 2. The molecule has 2 amide bonds. The van der Waals surface area contributed by atoms with Gasteiger partial charge in [0.1, 0.15) is 0 Å². The molecule has 2 aliphatic rings. The van der Waals surface area contributed by atoms with E-state index in [1.807, 2.05) is 6.92 Å². The fourth-order valence-corrected chi connectivity index (χ4v) is 5.19. The molecule has 32 heavy (non-hydrogen) atoms. The number of nitriles is 1. The third kappa shape index (κ3) is 3.67. The van der Waals surface area contributed by atoms with Crippen LogP contribution in [0.15, 0.2) is 58.6 Å². The van der Waals surface area contributed by atoms with Crippen molar-refractivity contribution in [3.63, 3.8) is 0 Å². The van der Waals surface area contributed by atoms with Crippen molar-refractivity contribution in [3.05, 3.63) is 70.4 Å². The normalized spacial score (nSPS) is 18.4. The van der Waals surface area contributed by atoms with E-state index in [1.165, 1.54) is 28.0 Å². The van der Waals surface area contributed by atoms with Gasteiger partial charge in [-0.15, -0.1) is 11.8 Å². The topological polar surface area (TPSA) is 64.4 Å². The highest BCUT2D eigenvalue weighted by atomic mass is 32.2. The van der Waals surface area contributed by atoms with Crippen LogP contribution in [-0.4, -0.2) is 29.5 Å². The van der Waals surface area contributed by atoms with Crippen LogP contribution in [0.3, 0.4) is 0 Å². The third-order valence-electron chi connectivity index (χ3n) is 5.74. The molecule has 1 aliphatic carbocycles. The van der Waals surface area contributed by atoms with Crippen molar-refractivity contribution in [1.82, 2.24) is 4.90 Å². The number of carbonyl (C=O) groups is 2. The number of halogens is 2. The number of carbonyl (C=O) groups excluding carboxylic acids is 2. The van der Waals surface area contributed by atoms with E-state index >= 15 is 0 Å². The van der Waals surface area contributed by atoms with E-state index < -0.39 is 12.5 Å². The van der Waals surface area contributed by atoms with Gasteiger partial charge >= 0.3 is 6.03 Å². The Labute approximate surface area is 189 Å². The second-order valence-electron chi connectivity index (χ2n) is 7.61. The summed E-state index contributed by atoms with van der Waals surface area (Å²) < 4.78 is 26.6. The molecule has 164 valence electrons. The summed E-state index contributed by atoms with van der Waals surface area (Å²) in [6.45, 7) is 1.99. The van der Waals surface area contributed by atoms with Gasteiger partial charge in [-0.1, -0.05) is 25.1 Å². The Hall–Kier alpha value is -3.18. The van der Waals surface area contributed by atoms with Gasteiger partial charge in [0.15, 0.2) is 5.78 Å². The molecule has 1 atom stereocenters. The number of benzene rings is 2. The summed E-state index contributed by atoms with van der Waals surface area (Å²) in [6, 6.07) is 12.1. The third-order valence-corrected chi connectivity index (χ3v) is 6.69. The number of anilines is 1. The van der Waals surface area contributed by atoms with Gasteiger partial charge in [-0.3, -0.25) is 9.69 Å². The average Bonchev–Trinajstić information content (AvgIpc) is 3.16. The van der Waals surface area contributed by atoms with Crippen LogP contribution in [0, 0.1) is 11.3 Å². The van der Waals surface area contributed by atoms with Crippen LogP contribution in [-0.2, 0) is 4.79 Å². The molecule has 1 unspecified atom stereocenters. The van der Waals surface area contributed by atoms with Gasteiger partial charge in [-0.25, -0.2) is 13.6 Å². The molecular weight excluding hydrogens is 432 g/mol. The van der Waals surface area contributed by atoms with E-state index in [4.69, 9.17) is 0 Å². The summed E-state index contributed by atoms with van der Waals surface area (Å²) in [5.41, 5.74) is 2.51. The highest BCUT2D eigenvalue weighted by Gasteiger charge is 2.45. The van der Waals surface area contributed by atoms with Gasteiger partial charge in [0.05, 0.1) is 23.4 Å². The lowest BCUT2D eigenvalue weighted by Gasteiger charge is -2.41. The molecular formula is C24H21F2N3O2S. The summed E-state index contributed by atoms with van der Waals surface area (Å²) in [5.74, 6) is 0.703. The number of nitrogens with zero attached hydrogens (tertiary/aromatic N) is 3. The summed E-state index contributed by atoms with van der Waals surface area (Å²) in [7, 11) is 1.62. The minimum absolute atomic E-state index is 0.0591. The Morgan fingerprint density at radius 3 is 2.66 bits per heavy atom. The number of ketones is 1. The first-order valence-electron chi connectivity index (χ1n) is 10.3. The predicted molar refractivity (Wildman–Crippen MR) is 119 cm³/mol. The minimum Gasteiger partial charge on any atom is -0.316 e. The molecule has 0 fully saturated rings. The van der Waals surface area contributed by atoms with Crippen LogP contribution in [0.4, 0.5) is 19.3 Å². The van der Waals surface area contributed by atoms with E-state index in [0.717, 1.165) is 16.2 Å². The first kappa shape index (κ1) is 22.0. The average molecular weight is 454 g/mol. The van der Waals surface area contributed by atoms with Crippen molar-refractivity contribution in [2.45, 2.75) is 37.1 Å². The molecule has 5 nitrogen and oxygen atoms in total. The maximum absolute atomic E-state index is 13.5. The fourth-order valence-electron chi connectivity index (χ4n) is 4.32. The van der Waals surface area contributed by atoms with Gasteiger partial charge in [-0.2, -0.15) is 5.26 Å². The number of Topliss-reactive ketones (excluding diaryl/α,β-unsaturated/α-hetero) is 1. The van der Waals surface area contributed by atoms with Gasteiger partial charge in [0.2, 0.25) is 0 Å². The number of alkyl halides is 2. The van der Waals surface area contributed by atoms with Gasteiger partial charge in [-0.05, 0) is 42.0 Å². The Morgan fingerprint density at radius 2 is 1.97 bits per heavy atom. The largest absolute Gasteiger partial charge is 0.329 e. The van der Waals surface area contributed by atoms with Crippen LogP contribution in [0.1, 0.15) is 48.9 Å². The van der Waals surface area contributed by atoms with E-state index in [9.17, 15) is 23.6 Å². The second kappa shape index (κ2) is 8.75. The highest BCUT2D eigenvalue weighted by molar-refractivity contribution is 7.99. The molecule has 0 bridgehead atoms. The SMILES string of the molecule is CCSc1cc(C#N)ccc1C1C2=C(CCC2=O)N(c2cccc(C(F)F)c2)C(=O)N1C. The van der Waals surface area contributed by atoms with Crippen LogP contribution >= 0.6 is 11.8 Å². The Bertz CT molecular complexity index is 1170. The van der Waals surface area contributed by atoms with E-state index in [0.29, 0.717) is 28.9 Å². The highest BCUT2D eigenvalue weighted by Crippen LogP contribution is 2.46. The summed E-state index contributed by atoms with van der Waals surface area (Å²) in [6.07, 6.45) is -2.03. The molecule has 2 aromatic rings. The van der Waals surface area contributed by atoms with Crippen molar-refractivity contribution >= 4 is 29.3 Å². The molecule has 4 rings (SSSR count). The number of likely N-dealkylation sites (N-methyl/N-ethyl adjacent to an activating group) is 1. The van der Waals surface area contributed by atoms with Gasteiger partial charge in [0.25, 0.3) is 6.43 Å². The molecule has 0 spiro atoms. The van der Waals surface area contributed by atoms with Crippen molar-refractivity contribution in [2.24, 2.45) is 0 Å². The van der Waals surface area contributed by atoms with Crippen molar-refractivity contribution in [1.29, 1.82) is 5.26 Å². The first-order valence-corrected chi connectivity index (χ1v) is 11.2. The van der Waals surface area contributed by atoms with Gasteiger partial charge in [0, 0.05) is 35.2 Å². The first-order chi connectivity index (χ1) is 15.4. The van der Waals surface area contributed by atoms with Crippen molar-refractivity contribution in [3.8, 4) is 6.07 Å². The zero-order chi connectivity index (χ0) is 23.0. The van der Waals surface area contributed by atoms with Crippen molar-refractivity contribution in [2.75, 3.05) is 17.7 Å². The van der Waals surface area contributed by atoms with Crippen LogP contribution < -0.4 is 4.90 Å². The molecule has 0 aromatic heterocycles. The van der Waals surface area contributed by atoms with E-state index in [2.05, 4.69) is 6.07 Å². The number of rotatable bonds is 5. The lowest BCUT2D eigenvalue weighted by Crippen LogP contribution is -2.48. The van der Waals surface area contributed by atoms with Crippen LogP contribution in [0.2, 0.25) is 0 Å². The smallest absolute Gasteiger partial charge is 0.316 e. The number of allylic oxidation sites excluding steroid dienone is 1. The molecule has 1 aliphatic heterocycles. The summed E-state index contributed by atoms with van der Waals surface area (Å²) >= 11 is 1.55. The fraction of sp³-hybridized carbons (Fsp3) is 0.292. The molecule has 0 saturated carbocycles. The van der Waals surface area contributed by atoms with E-state index in [-0.39, 0.29) is 23.8 Å². The quantitative estimate of drug-likeness (QED) is 0.534. The number of thioether (sulfide) groups is 1. The summed E-state index contributed by atoms with van der Waals surface area (Å²) in [5, 5.41) is 9.29. The lowest BCUT2D eigenvalue weighted by atomic mass is 9.92. The Morgan fingerprint density at radius 1 is 1.19 bits per heavy atom. The minimum atomic E-state index is -2.66. The summed E-state index contributed by atoms with van der Waals surface area (Å²) in [4.78, 5) is 30.2. The Balaban J connectivity index is 1.88. The van der Waals surface area contributed by atoms with E-state index in [1.54, 1.807) is 43.1 Å². The molecule has 0 saturated heterocycles. The molecule has 2 aromatic carbocycles. The predicted octanol–water partition coefficient (Wildman–Crippen LogP) is 5.84. The lowest BCUT2D eigenvalue weighted by molar-refractivity contribution is -0.115. The molecule has 8 heteroatoms. The number of hydrogen-bond donors (Lipinski definition) is 0. The maximum atomic E-state index is 13.5. The number of hydrogen-bond acceptors (Lipinski definition) is 4. The number of urea groups is 1. The Kier molecular flexibility index (Phi) is 6.02. The maximum Gasteiger partial charge on any atom is 0.329 e. The standard InChI is InChI=1S/C24H21F2N3O2S/c1-3-32-20-11-14(13-27)7-8-17(20)22-21-18(9-10-19(21)30)29(24(31)28(22)2)16-6-4-5-15(12-16)23(25)26/h4-8,11-12,22-23H,3,9-10H2,1-2H3.